The first-order chi connectivity index (χ1) is 13.4. The minimum atomic E-state index is -3.11. The average Bonchev–Trinajstić information content (AvgIpc) is 3.13. The number of hydrogen-bond donors (Lipinski definition) is 2. The van der Waals surface area contributed by atoms with Crippen LogP contribution in [0.3, 0.4) is 0 Å². The van der Waals surface area contributed by atoms with Crippen LogP contribution in [0.15, 0.2) is 40.7 Å². The van der Waals surface area contributed by atoms with Crippen LogP contribution in [-0.2, 0) is 22.1 Å². The Morgan fingerprint density at radius 3 is 2.55 bits per heavy atom. The lowest BCUT2D eigenvalue weighted by Crippen LogP contribution is -2.38. The van der Waals surface area contributed by atoms with Crippen LogP contribution >= 0.6 is 35.3 Å². The quantitative estimate of drug-likeness (QED) is 0.203. The van der Waals surface area contributed by atoms with Gasteiger partial charge in [-0.25, -0.2) is 18.4 Å². The van der Waals surface area contributed by atoms with Gasteiger partial charge in [0.25, 0.3) is 0 Å². The molecule has 6 nitrogen and oxygen atoms in total. The van der Waals surface area contributed by atoms with Crippen molar-refractivity contribution in [2.45, 2.75) is 45.4 Å². The van der Waals surface area contributed by atoms with Gasteiger partial charge in [-0.1, -0.05) is 44.2 Å². The van der Waals surface area contributed by atoms with E-state index < -0.39 is 9.84 Å². The maximum absolute atomic E-state index is 12.3. The Balaban J connectivity index is 0.00000420. The Hall–Kier alpha value is -1.20. The molecule has 0 amide bonds. The van der Waals surface area contributed by atoms with Gasteiger partial charge in [-0.05, 0) is 24.8 Å². The highest BCUT2D eigenvalue weighted by Gasteiger charge is 2.11. The number of nitrogens with one attached hydrogen (secondary N) is 2. The molecule has 0 fully saturated rings. The van der Waals surface area contributed by atoms with Crippen LogP contribution in [0.4, 0.5) is 0 Å². The van der Waals surface area contributed by atoms with Crippen LogP contribution in [0.5, 0.6) is 0 Å². The van der Waals surface area contributed by atoms with Crippen molar-refractivity contribution >= 4 is 51.1 Å². The van der Waals surface area contributed by atoms with Crippen molar-refractivity contribution in [3.05, 3.63) is 52.0 Å². The van der Waals surface area contributed by atoms with Gasteiger partial charge in [0.2, 0.25) is 0 Å². The molecular formula is C20H31IN4O2S2. The van der Waals surface area contributed by atoms with E-state index in [-0.39, 0.29) is 35.5 Å². The lowest BCUT2D eigenvalue weighted by Gasteiger charge is -2.11. The smallest absolute Gasteiger partial charge is 0.191 e. The summed E-state index contributed by atoms with van der Waals surface area (Å²) in [7, 11) is -3.11. The van der Waals surface area contributed by atoms with Gasteiger partial charge in [-0.15, -0.1) is 35.3 Å². The molecule has 162 valence electrons. The molecule has 0 saturated heterocycles. The maximum Gasteiger partial charge on any atom is 0.191 e. The van der Waals surface area contributed by atoms with E-state index in [1.54, 1.807) is 11.3 Å². The van der Waals surface area contributed by atoms with E-state index in [0.29, 0.717) is 31.4 Å². The first kappa shape index (κ1) is 25.8. The van der Waals surface area contributed by atoms with Crippen molar-refractivity contribution in [1.82, 2.24) is 15.6 Å². The molecule has 0 aliphatic rings. The van der Waals surface area contributed by atoms with Gasteiger partial charge in [0.15, 0.2) is 15.8 Å². The fourth-order valence-electron chi connectivity index (χ4n) is 2.55. The number of sulfone groups is 1. The lowest BCUT2D eigenvalue weighted by molar-refractivity contribution is 0.591. The zero-order valence-electron chi connectivity index (χ0n) is 17.2. The number of aliphatic imine (C=N–C) groups is 1. The number of guanidine groups is 1. The second-order valence-electron chi connectivity index (χ2n) is 6.87. The third-order valence-corrected chi connectivity index (χ3v) is 6.57. The highest BCUT2D eigenvalue weighted by molar-refractivity contribution is 14.0. The van der Waals surface area contributed by atoms with Crippen molar-refractivity contribution in [2.75, 3.05) is 18.8 Å². The van der Waals surface area contributed by atoms with Gasteiger partial charge >= 0.3 is 0 Å². The molecule has 1 aromatic carbocycles. The molecule has 0 saturated carbocycles. The summed E-state index contributed by atoms with van der Waals surface area (Å²) in [6.45, 7) is 8.06. The Morgan fingerprint density at radius 1 is 1.21 bits per heavy atom. The topological polar surface area (TPSA) is 83.4 Å². The molecule has 2 N–H and O–H groups in total. The number of nitrogens with zero attached hydrogens (tertiary/aromatic N) is 2. The van der Waals surface area contributed by atoms with Gasteiger partial charge in [-0.2, -0.15) is 0 Å². The van der Waals surface area contributed by atoms with Crippen molar-refractivity contribution in [1.29, 1.82) is 0 Å². The zero-order chi connectivity index (χ0) is 20.4. The molecule has 29 heavy (non-hydrogen) atoms. The Bertz CT molecular complexity index is 852. The second kappa shape index (κ2) is 13.2. The largest absolute Gasteiger partial charge is 0.357 e. The van der Waals surface area contributed by atoms with Crippen molar-refractivity contribution < 1.29 is 8.42 Å². The Kier molecular flexibility index (Phi) is 11.7. The number of thiazole rings is 1. The second-order valence-corrected chi connectivity index (χ2v) is 10.0. The van der Waals surface area contributed by atoms with Crippen molar-refractivity contribution in [2.24, 2.45) is 4.99 Å². The Labute approximate surface area is 195 Å². The fraction of sp³-hybridized carbons (Fsp3) is 0.500. The van der Waals surface area contributed by atoms with E-state index in [1.807, 2.05) is 37.3 Å². The molecule has 1 heterocycles. The van der Waals surface area contributed by atoms with E-state index in [0.717, 1.165) is 22.8 Å². The minimum absolute atomic E-state index is 0. The van der Waals surface area contributed by atoms with Gasteiger partial charge in [0.1, 0.15) is 5.01 Å². The van der Waals surface area contributed by atoms with E-state index in [1.165, 1.54) is 0 Å². The SMILES string of the molecule is CCNC(=NCc1nc(C(C)C)cs1)NCCCS(=O)(=O)Cc1ccccc1.I. The van der Waals surface area contributed by atoms with E-state index in [4.69, 9.17) is 0 Å². The van der Waals surface area contributed by atoms with Gasteiger partial charge < -0.3 is 10.6 Å². The molecule has 0 unspecified atom stereocenters. The van der Waals surface area contributed by atoms with Gasteiger partial charge in [0.05, 0.1) is 23.7 Å². The van der Waals surface area contributed by atoms with Gasteiger partial charge in [-0.3, -0.25) is 0 Å². The standard InChI is InChI=1S/C20H30N4O2S2.HI/c1-4-21-20(23-13-19-24-18(14-27-19)16(2)3)22-11-8-12-28(25,26)15-17-9-6-5-7-10-17;/h5-7,9-10,14,16H,4,8,11-13,15H2,1-3H3,(H2,21,22,23);1H. The molecular weight excluding hydrogens is 519 g/mol. The van der Waals surface area contributed by atoms with Crippen LogP contribution in [0.25, 0.3) is 0 Å². The highest BCUT2D eigenvalue weighted by Crippen LogP contribution is 2.18. The zero-order valence-corrected chi connectivity index (χ0v) is 21.2. The molecule has 2 rings (SSSR count). The van der Waals surface area contributed by atoms with Crippen LogP contribution in [0, 0.1) is 0 Å². The molecule has 2 aromatic rings. The number of rotatable bonds is 10. The summed E-state index contributed by atoms with van der Waals surface area (Å²) in [5.41, 5.74) is 1.92. The molecule has 0 aliphatic carbocycles. The molecule has 0 aliphatic heterocycles. The normalized spacial score (nSPS) is 11.9. The van der Waals surface area contributed by atoms with E-state index in [2.05, 4.69) is 39.8 Å². The predicted molar refractivity (Wildman–Crippen MR) is 133 cm³/mol. The summed E-state index contributed by atoms with van der Waals surface area (Å²) >= 11 is 1.62. The molecule has 9 heteroatoms. The Morgan fingerprint density at radius 2 is 1.93 bits per heavy atom. The minimum Gasteiger partial charge on any atom is -0.357 e. The van der Waals surface area contributed by atoms with Crippen LogP contribution in [-0.4, -0.2) is 38.2 Å². The lowest BCUT2D eigenvalue weighted by atomic mass is 10.2. The van der Waals surface area contributed by atoms with Crippen molar-refractivity contribution in [3.63, 3.8) is 0 Å². The predicted octanol–water partition coefficient (Wildman–Crippen LogP) is 3.94. The van der Waals surface area contributed by atoms with Crippen LogP contribution in [0.1, 0.15) is 49.4 Å². The number of hydrogen-bond acceptors (Lipinski definition) is 5. The maximum atomic E-state index is 12.3. The summed E-state index contributed by atoms with van der Waals surface area (Å²) in [6, 6.07) is 9.29. The molecule has 1 aromatic heterocycles. The first-order valence-corrected chi connectivity index (χ1v) is 12.3. The molecule has 0 atom stereocenters. The summed E-state index contributed by atoms with van der Waals surface area (Å²) in [6.07, 6.45) is 0.536. The molecule has 0 bridgehead atoms. The highest BCUT2D eigenvalue weighted by atomic mass is 127. The van der Waals surface area contributed by atoms with Crippen LogP contribution in [0.2, 0.25) is 0 Å². The van der Waals surface area contributed by atoms with Crippen molar-refractivity contribution in [3.8, 4) is 0 Å². The molecule has 0 spiro atoms. The fourth-order valence-corrected chi connectivity index (χ4v) is 4.86. The monoisotopic (exact) mass is 550 g/mol. The summed E-state index contributed by atoms with van der Waals surface area (Å²) in [5.74, 6) is 1.34. The average molecular weight is 551 g/mol. The van der Waals surface area contributed by atoms with Gasteiger partial charge in [0, 0.05) is 18.5 Å². The summed E-state index contributed by atoms with van der Waals surface area (Å²) < 4.78 is 24.5. The number of aromatic nitrogens is 1. The third kappa shape index (κ3) is 9.90. The summed E-state index contributed by atoms with van der Waals surface area (Å²) in [4.78, 5) is 9.14. The molecule has 0 radical (unpaired) electrons. The summed E-state index contributed by atoms with van der Waals surface area (Å²) in [5, 5.41) is 9.45. The third-order valence-electron chi connectivity index (χ3n) is 4.03. The van der Waals surface area contributed by atoms with Crippen LogP contribution < -0.4 is 10.6 Å². The number of benzene rings is 1. The number of halogens is 1. The first-order valence-electron chi connectivity index (χ1n) is 9.60. The van der Waals surface area contributed by atoms with E-state index >= 15 is 0 Å². The van der Waals surface area contributed by atoms with E-state index in [9.17, 15) is 8.42 Å².